The molecule has 0 bridgehead atoms. The van der Waals surface area contributed by atoms with Crippen LogP contribution in [0.1, 0.15) is 0 Å². The van der Waals surface area contributed by atoms with Crippen LogP contribution in [0.25, 0.3) is 0 Å². The third-order valence-electron chi connectivity index (χ3n) is 0.928. The van der Waals surface area contributed by atoms with Gasteiger partial charge in [0.15, 0.2) is 0 Å². The van der Waals surface area contributed by atoms with E-state index in [1.54, 1.807) is 0 Å². The summed E-state index contributed by atoms with van der Waals surface area (Å²) in [6, 6.07) is 0. The van der Waals surface area contributed by atoms with E-state index in [9.17, 15) is 0 Å². The fourth-order valence-electron chi connectivity index (χ4n) is 0.510. The molecule has 1 rings (SSSR count). The van der Waals surface area contributed by atoms with E-state index in [0.29, 0.717) is 0 Å². The van der Waals surface area contributed by atoms with E-state index in [2.05, 4.69) is 9.38 Å². The standard InChI is InChI=1S/C4H6ClN.In/c5-3-1-2-4-6;/h1-2,4,6H,3H2;/q-1;+1. The Kier molecular flexibility index (Phi) is 2.40. The Morgan fingerprint density at radius 2 is 2.71 bits per heavy atom. The molecule has 0 aromatic rings. The summed E-state index contributed by atoms with van der Waals surface area (Å²) >= 11 is 5.14. The van der Waals surface area contributed by atoms with Crippen molar-refractivity contribution in [1.29, 1.82) is 0 Å². The van der Waals surface area contributed by atoms with Gasteiger partial charge in [0, 0.05) is 0 Å². The Hall–Kier alpha value is 0.700. The quantitative estimate of drug-likeness (QED) is 0.641. The molecule has 0 fully saturated rings. The van der Waals surface area contributed by atoms with Gasteiger partial charge in [-0.15, -0.1) is 0 Å². The molecule has 1 N–H and O–H groups in total. The second-order valence-corrected chi connectivity index (χ2v) is 6.17. The Morgan fingerprint density at radius 1 is 1.86 bits per heavy atom. The second kappa shape index (κ2) is 2.88. The molecule has 0 aromatic carbocycles. The maximum atomic E-state index is 5.56. The van der Waals surface area contributed by atoms with Gasteiger partial charge in [0.1, 0.15) is 0 Å². The van der Waals surface area contributed by atoms with E-state index in [-0.39, 0.29) is 0 Å². The molecule has 0 saturated carbocycles. The van der Waals surface area contributed by atoms with Crippen molar-refractivity contribution in [3.63, 3.8) is 0 Å². The molecule has 0 aromatic heterocycles. The molecule has 1 aliphatic rings. The average molecular weight is 218 g/mol. The summed E-state index contributed by atoms with van der Waals surface area (Å²) in [5.74, 6) is 0.824. The molecule has 1 unspecified atom stereocenters. The van der Waals surface area contributed by atoms with Crippen LogP contribution in [0.15, 0.2) is 12.3 Å². The van der Waals surface area contributed by atoms with Crippen LogP contribution in [0, 0.1) is 0 Å². The van der Waals surface area contributed by atoms with Gasteiger partial charge in [-0.25, -0.2) is 0 Å². The number of allylic oxidation sites excluding steroid dienone is 1. The first-order valence-electron chi connectivity index (χ1n) is 2.25. The molecular formula is C4H6ClInN. The summed E-state index contributed by atoms with van der Waals surface area (Å²) in [6.07, 6.45) is 4.21. The molecular weight excluding hydrogens is 212 g/mol. The molecule has 1 heterocycles. The van der Waals surface area contributed by atoms with Gasteiger partial charge in [-0.05, 0) is 0 Å². The van der Waals surface area contributed by atoms with Gasteiger partial charge in [-0.3, -0.25) is 0 Å². The van der Waals surface area contributed by atoms with Crippen LogP contribution >= 0.6 is 11.6 Å². The predicted octanol–water partition coefficient (Wildman–Crippen LogP) is 0.750. The van der Waals surface area contributed by atoms with Gasteiger partial charge in [-0.2, -0.15) is 0 Å². The topological polar surface area (TPSA) is 12.0 Å². The average Bonchev–Trinajstić information content (AvgIpc) is 2.14. The van der Waals surface area contributed by atoms with Crippen molar-refractivity contribution in [2.75, 3.05) is 5.88 Å². The SMILES string of the molecule is ClC[CH]1C=C[NH][In]1. The summed E-state index contributed by atoms with van der Waals surface area (Å²) in [5.41, 5.74) is 0. The summed E-state index contributed by atoms with van der Waals surface area (Å²) in [6.45, 7) is 0. The third-order valence-corrected chi connectivity index (χ3v) is 5.76. The second-order valence-electron chi connectivity index (χ2n) is 1.51. The summed E-state index contributed by atoms with van der Waals surface area (Å²) in [7, 11) is 0. The third kappa shape index (κ3) is 1.57. The van der Waals surface area contributed by atoms with E-state index in [1.807, 2.05) is 6.20 Å². The minimum absolute atomic E-state index is 0.423. The number of hydrogen-bond acceptors (Lipinski definition) is 1. The zero-order valence-corrected chi connectivity index (χ0v) is 7.95. The predicted molar refractivity (Wildman–Crippen MR) is 32.5 cm³/mol. The first kappa shape index (κ1) is 5.83. The Balaban J connectivity index is 2.28. The molecule has 3 heteroatoms. The van der Waals surface area contributed by atoms with Crippen LogP contribution in [0.2, 0.25) is 3.67 Å². The fourth-order valence-corrected chi connectivity index (χ4v) is 3.44. The number of rotatable bonds is 1. The Labute approximate surface area is 59.9 Å². The maximum absolute atomic E-state index is 5.56. The van der Waals surface area contributed by atoms with E-state index < -0.39 is 23.2 Å². The van der Waals surface area contributed by atoms with E-state index in [0.717, 1.165) is 9.55 Å². The fraction of sp³-hybridized carbons (Fsp3) is 0.500. The zero-order chi connectivity index (χ0) is 5.11. The summed E-state index contributed by atoms with van der Waals surface area (Å²) in [4.78, 5) is 0. The van der Waals surface area contributed by atoms with Crippen LogP contribution in [0.3, 0.4) is 0 Å². The summed E-state index contributed by atoms with van der Waals surface area (Å²) < 4.78 is 4.01. The monoisotopic (exact) mass is 218 g/mol. The molecule has 0 amide bonds. The van der Waals surface area contributed by atoms with Crippen molar-refractivity contribution >= 4 is 34.8 Å². The number of alkyl halides is 1. The van der Waals surface area contributed by atoms with Crippen LogP contribution in [0.5, 0.6) is 0 Å². The van der Waals surface area contributed by atoms with Crippen LogP contribution in [-0.4, -0.2) is 29.1 Å². The number of hydrogen-bond donors (Lipinski definition) is 1. The van der Waals surface area contributed by atoms with Gasteiger partial charge < -0.3 is 0 Å². The van der Waals surface area contributed by atoms with Crippen molar-refractivity contribution in [1.82, 2.24) is 3.30 Å². The molecule has 1 radical (unpaired) electrons. The van der Waals surface area contributed by atoms with Crippen LogP contribution in [0.4, 0.5) is 0 Å². The van der Waals surface area contributed by atoms with E-state index >= 15 is 0 Å². The molecule has 0 saturated heterocycles. The van der Waals surface area contributed by atoms with Crippen molar-refractivity contribution in [2.45, 2.75) is 3.67 Å². The number of nitrogens with one attached hydrogen (secondary N) is 1. The minimum atomic E-state index is -0.423. The molecule has 0 aliphatic carbocycles. The normalized spacial score (nSPS) is 26.7. The molecule has 37 valence electrons. The zero-order valence-electron chi connectivity index (χ0n) is 3.89. The summed E-state index contributed by atoms with van der Waals surface area (Å²) in [5, 5.41) is 0. The van der Waals surface area contributed by atoms with Crippen molar-refractivity contribution in [3.8, 4) is 0 Å². The van der Waals surface area contributed by atoms with Gasteiger partial charge in [0.2, 0.25) is 0 Å². The first-order valence-corrected chi connectivity index (χ1v) is 6.34. The Morgan fingerprint density at radius 3 is 3.00 bits per heavy atom. The molecule has 1 aliphatic heterocycles. The van der Waals surface area contributed by atoms with E-state index in [1.165, 1.54) is 0 Å². The first-order chi connectivity index (χ1) is 3.43. The van der Waals surface area contributed by atoms with Gasteiger partial charge in [-0.1, -0.05) is 0 Å². The molecule has 0 spiro atoms. The van der Waals surface area contributed by atoms with Crippen molar-refractivity contribution in [3.05, 3.63) is 12.3 Å². The van der Waals surface area contributed by atoms with E-state index in [4.69, 9.17) is 11.6 Å². The molecule has 7 heavy (non-hydrogen) atoms. The van der Waals surface area contributed by atoms with Gasteiger partial charge in [0.05, 0.1) is 0 Å². The Bertz CT molecular complexity index is 83.8. The van der Waals surface area contributed by atoms with Crippen molar-refractivity contribution in [2.24, 2.45) is 0 Å². The van der Waals surface area contributed by atoms with Crippen LogP contribution < -0.4 is 3.30 Å². The van der Waals surface area contributed by atoms with Gasteiger partial charge in [0.25, 0.3) is 0 Å². The molecule has 1 nitrogen and oxygen atoms in total. The van der Waals surface area contributed by atoms with Crippen LogP contribution in [-0.2, 0) is 0 Å². The van der Waals surface area contributed by atoms with Gasteiger partial charge >= 0.3 is 59.9 Å². The molecule has 1 atom stereocenters. The number of halogens is 1. The van der Waals surface area contributed by atoms with Crippen molar-refractivity contribution < 1.29 is 0 Å².